The number of pyridine rings is 1. The lowest BCUT2D eigenvalue weighted by molar-refractivity contribution is -0.0591. The van der Waals surface area contributed by atoms with Gasteiger partial charge in [-0.15, -0.1) is 0 Å². The second-order valence-corrected chi connectivity index (χ2v) is 11.2. The van der Waals surface area contributed by atoms with Gasteiger partial charge in [-0.2, -0.15) is 0 Å². The number of hydrogen-bond acceptors (Lipinski definition) is 5. The van der Waals surface area contributed by atoms with Crippen LogP contribution >= 0.6 is 23.2 Å². The zero-order valence-corrected chi connectivity index (χ0v) is 23.5. The lowest BCUT2D eigenvalue weighted by Gasteiger charge is -2.29. The third-order valence-electron chi connectivity index (χ3n) is 7.71. The van der Waals surface area contributed by atoms with E-state index in [2.05, 4.69) is 33.7 Å². The number of aryl methyl sites for hydroxylation is 2. The van der Waals surface area contributed by atoms with Gasteiger partial charge in [-0.25, -0.2) is 9.78 Å². The average molecular weight is 578 g/mol. The summed E-state index contributed by atoms with van der Waals surface area (Å²) in [6.45, 7) is 3.83. The van der Waals surface area contributed by atoms with Crippen molar-refractivity contribution in [3.63, 3.8) is 0 Å². The Balaban J connectivity index is 1.15. The number of nitrogens with zero attached hydrogens (tertiary/aromatic N) is 4. The molecule has 2 aliphatic rings. The third-order valence-corrected chi connectivity index (χ3v) is 8.30. The molecule has 1 saturated heterocycles. The summed E-state index contributed by atoms with van der Waals surface area (Å²) in [5.41, 5.74) is 6.32. The molecular formula is C31H30Cl2N4O3. The van der Waals surface area contributed by atoms with Crippen LogP contribution in [0.1, 0.15) is 46.0 Å². The number of halogens is 2. The van der Waals surface area contributed by atoms with Crippen molar-refractivity contribution in [1.29, 1.82) is 0 Å². The number of imidazole rings is 1. The van der Waals surface area contributed by atoms with Crippen molar-refractivity contribution in [2.24, 2.45) is 0 Å². The highest BCUT2D eigenvalue weighted by Crippen LogP contribution is 2.27. The van der Waals surface area contributed by atoms with E-state index >= 15 is 0 Å². The van der Waals surface area contributed by atoms with Crippen molar-refractivity contribution in [2.75, 3.05) is 19.7 Å². The van der Waals surface area contributed by atoms with Crippen LogP contribution in [-0.4, -0.2) is 56.3 Å². The number of aromatic carboxylic acids is 1. The summed E-state index contributed by atoms with van der Waals surface area (Å²) in [6, 6.07) is 17.0. The number of ether oxygens (including phenoxy) is 1. The predicted molar refractivity (Wildman–Crippen MR) is 157 cm³/mol. The maximum absolute atomic E-state index is 11.6. The quantitative estimate of drug-likeness (QED) is 0.252. The van der Waals surface area contributed by atoms with Crippen molar-refractivity contribution in [3.8, 4) is 0 Å². The lowest BCUT2D eigenvalue weighted by Crippen LogP contribution is -2.33. The summed E-state index contributed by atoms with van der Waals surface area (Å²) in [5.74, 6) is 0.00196. The lowest BCUT2D eigenvalue weighted by atomic mass is 10.0. The molecule has 2 aromatic carbocycles. The van der Waals surface area contributed by atoms with Gasteiger partial charge in [0.2, 0.25) is 0 Å². The van der Waals surface area contributed by atoms with E-state index in [0.717, 1.165) is 79.2 Å². The van der Waals surface area contributed by atoms with Gasteiger partial charge in [0.1, 0.15) is 5.82 Å². The van der Waals surface area contributed by atoms with E-state index in [0.29, 0.717) is 23.1 Å². The molecule has 7 nitrogen and oxygen atoms in total. The number of hydrogen-bond donors (Lipinski definition) is 1. The fraction of sp³-hybridized carbons (Fsp3) is 0.323. The van der Waals surface area contributed by atoms with Gasteiger partial charge in [0.05, 0.1) is 41.5 Å². The molecule has 9 heteroatoms. The molecular weight excluding hydrogens is 547 g/mol. The molecule has 206 valence electrons. The minimum absolute atomic E-state index is 0.145. The second-order valence-electron chi connectivity index (χ2n) is 10.4. The van der Waals surface area contributed by atoms with Crippen LogP contribution in [0.3, 0.4) is 0 Å². The Morgan fingerprint density at radius 1 is 1.07 bits per heavy atom. The molecule has 0 bridgehead atoms. The molecule has 0 aliphatic carbocycles. The van der Waals surface area contributed by atoms with Gasteiger partial charge in [0, 0.05) is 35.4 Å². The normalized spacial score (nSPS) is 17.6. The van der Waals surface area contributed by atoms with Crippen molar-refractivity contribution in [2.45, 2.75) is 44.9 Å². The number of rotatable bonds is 9. The molecule has 1 fully saturated rings. The van der Waals surface area contributed by atoms with Crippen molar-refractivity contribution in [1.82, 2.24) is 19.4 Å². The van der Waals surface area contributed by atoms with Gasteiger partial charge in [-0.05, 0) is 79.3 Å². The molecule has 4 heterocycles. The Bertz CT molecular complexity index is 1600. The molecule has 0 unspecified atom stereocenters. The standard InChI is InChI=1S/C31H30Cl2N4O3/c32-23-7-4-20(26(33)17-23)5-8-24-2-1-3-27(34-24)21-10-13-36(14-11-21)19-30-35-28-9-6-22(31(38)39)16-29(28)37(30)18-25-12-15-40-25/h1-4,6-7,9-10,16-17,25H,5,8,11-15,18-19H2,(H,38,39)/t25-/m0/s1. The molecule has 0 saturated carbocycles. The van der Waals surface area contributed by atoms with Crippen molar-refractivity contribution < 1.29 is 14.6 Å². The van der Waals surface area contributed by atoms with Crippen LogP contribution in [0.2, 0.25) is 10.0 Å². The summed E-state index contributed by atoms with van der Waals surface area (Å²) in [6.07, 6.45) is 5.92. The first-order chi connectivity index (χ1) is 19.4. The Morgan fingerprint density at radius 2 is 1.95 bits per heavy atom. The number of carboxylic acid groups (broad SMARTS) is 1. The first-order valence-electron chi connectivity index (χ1n) is 13.6. The van der Waals surface area contributed by atoms with Crippen LogP contribution in [0.25, 0.3) is 16.6 Å². The van der Waals surface area contributed by atoms with E-state index in [-0.39, 0.29) is 11.7 Å². The molecule has 1 atom stereocenters. The molecule has 0 radical (unpaired) electrons. The van der Waals surface area contributed by atoms with E-state index in [1.165, 1.54) is 5.57 Å². The zero-order valence-electron chi connectivity index (χ0n) is 22.0. The zero-order chi connectivity index (χ0) is 27.6. The minimum atomic E-state index is -0.934. The SMILES string of the molecule is O=C(O)c1ccc2nc(CN3CC=C(c4cccc(CCc5ccc(Cl)cc5Cl)n4)CC3)n(C[C@@H]3CCO3)c2c1. The molecule has 6 rings (SSSR count). The summed E-state index contributed by atoms with van der Waals surface area (Å²) in [7, 11) is 0. The predicted octanol–water partition coefficient (Wildman–Crippen LogP) is 6.30. The fourth-order valence-corrected chi connectivity index (χ4v) is 5.84. The summed E-state index contributed by atoms with van der Waals surface area (Å²) in [5, 5.41) is 10.8. The molecule has 1 N–H and O–H groups in total. The van der Waals surface area contributed by atoms with Gasteiger partial charge in [-0.1, -0.05) is 41.4 Å². The number of benzene rings is 2. The fourth-order valence-electron chi connectivity index (χ4n) is 5.33. The number of fused-ring (bicyclic) bond motifs is 1. The molecule has 2 aliphatic heterocycles. The van der Waals surface area contributed by atoms with E-state index in [1.807, 2.05) is 12.1 Å². The minimum Gasteiger partial charge on any atom is -0.478 e. The number of carbonyl (C=O) groups is 1. The highest BCUT2D eigenvalue weighted by atomic mass is 35.5. The summed E-state index contributed by atoms with van der Waals surface area (Å²) >= 11 is 12.4. The van der Waals surface area contributed by atoms with Crippen LogP contribution in [0, 0.1) is 0 Å². The Hall–Kier alpha value is -3.23. The Labute approximate surface area is 243 Å². The van der Waals surface area contributed by atoms with Crippen LogP contribution in [0.5, 0.6) is 0 Å². The van der Waals surface area contributed by atoms with Crippen molar-refractivity contribution >= 4 is 45.8 Å². The van der Waals surface area contributed by atoms with Gasteiger partial charge in [-0.3, -0.25) is 9.88 Å². The first kappa shape index (κ1) is 27.0. The Kier molecular flexibility index (Phi) is 7.89. The highest BCUT2D eigenvalue weighted by Gasteiger charge is 2.24. The van der Waals surface area contributed by atoms with Crippen LogP contribution in [0.4, 0.5) is 0 Å². The highest BCUT2D eigenvalue weighted by molar-refractivity contribution is 6.35. The monoisotopic (exact) mass is 576 g/mol. The van der Waals surface area contributed by atoms with E-state index < -0.39 is 5.97 Å². The molecule has 0 amide bonds. The van der Waals surface area contributed by atoms with Crippen LogP contribution in [0.15, 0.2) is 60.7 Å². The second kappa shape index (κ2) is 11.7. The molecule has 40 heavy (non-hydrogen) atoms. The van der Waals surface area contributed by atoms with Gasteiger partial charge < -0.3 is 14.4 Å². The maximum atomic E-state index is 11.6. The van der Waals surface area contributed by atoms with E-state index in [9.17, 15) is 9.90 Å². The summed E-state index contributed by atoms with van der Waals surface area (Å²) in [4.78, 5) is 23.8. The van der Waals surface area contributed by atoms with E-state index in [1.54, 1.807) is 24.3 Å². The first-order valence-corrected chi connectivity index (χ1v) is 14.3. The van der Waals surface area contributed by atoms with Crippen LogP contribution in [-0.2, 0) is 30.7 Å². The van der Waals surface area contributed by atoms with Crippen LogP contribution < -0.4 is 0 Å². The van der Waals surface area contributed by atoms with Crippen molar-refractivity contribution in [3.05, 3.63) is 99.1 Å². The van der Waals surface area contributed by atoms with Gasteiger partial charge >= 0.3 is 5.97 Å². The largest absolute Gasteiger partial charge is 0.478 e. The maximum Gasteiger partial charge on any atom is 0.335 e. The molecule has 0 spiro atoms. The number of carboxylic acids is 1. The third kappa shape index (κ3) is 5.93. The molecule has 4 aromatic rings. The average Bonchev–Trinajstić information content (AvgIpc) is 3.26. The topological polar surface area (TPSA) is 80.5 Å². The molecule has 2 aromatic heterocycles. The summed E-state index contributed by atoms with van der Waals surface area (Å²) < 4.78 is 7.84. The smallest absolute Gasteiger partial charge is 0.335 e. The van der Waals surface area contributed by atoms with Gasteiger partial charge in [0.25, 0.3) is 0 Å². The van der Waals surface area contributed by atoms with E-state index in [4.69, 9.17) is 37.9 Å². The van der Waals surface area contributed by atoms with Gasteiger partial charge in [0.15, 0.2) is 0 Å². The number of aromatic nitrogens is 3. The Morgan fingerprint density at radius 3 is 2.67 bits per heavy atom.